The maximum absolute atomic E-state index is 12.9. The lowest BCUT2D eigenvalue weighted by molar-refractivity contribution is -0.161. The smallest absolute Gasteiger partial charge is 0.330 e. The fraction of sp³-hybridized carbons (Fsp3) is 0.385. The number of hydrogen-bond donors (Lipinski definition) is 2. The first-order valence-electron chi connectivity index (χ1n) is 17.2. The molecular weight excluding hydrogens is 704 g/mol. The van der Waals surface area contributed by atoms with Gasteiger partial charge in [-0.2, -0.15) is 0 Å². The quantitative estimate of drug-likeness (QED) is 0.0656. The number of aliphatic hydroxyl groups is 1. The summed E-state index contributed by atoms with van der Waals surface area (Å²) in [4.78, 5) is 49.8. The SMILES string of the molecule is COc1ccc(C(OC[C@H]2O[C@@H](n3ccc(=O)[nH]c3=O)[C@H](OCOCCC(COC(C)=O)OC(C)=O)[C@@H]2O)(c2ccccc2)c2ccc(OC)cc2)cc1. The summed E-state index contributed by atoms with van der Waals surface area (Å²) in [5.74, 6) is 0.218. The van der Waals surface area contributed by atoms with Crippen LogP contribution in [0.15, 0.2) is 101 Å². The molecule has 288 valence electrons. The molecule has 1 fully saturated rings. The number of hydrogen-bond acceptors (Lipinski definition) is 13. The zero-order chi connectivity index (χ0) is 38.7. The van der Waals surface area contributed by atoms with Crippen molar-refractivity contribution >= 4 is 11.9 Å². The van der Waals surface area contributed by atoms with Crippen molar-refractivity contribution in [3.05, 3.63) is 129 Å². The average molecular weight is 749 g/mol. The number of carbonyl (C=O) groups is 2. The van der Waals surface area contributed by atoms with Crippen molar-refractivity contribution in [2.24, 2.45) is 0 Å². The zero-order valence-electron chi connectivity index (χ0n) is 30.4. The van der Waals surface area contributed by atoms with Gasteiger partial charge in [-0.25, -0.2) is 4.79 Å². The Hall–Kier alpha value is -5.32. The van der Waals surface area contributed by atoms with Gasteiger partial charge >= 0.3 is 17.6 Å². The molecule has 1 aromatic heterocycles. The summed E-state index contributed by atoms with van der Waals surface area (Å²) in [6.45, 7) is 1.81. The van der Waals surface area contributed by atoms with Gasteiger partial charge in [-0.05, 0) is 41.0 Å². The van der Waals surface area contributed by atoms with Crippen molar-refractivity contribution in [1.29, 1.82) is 0 Å². The van der Waals surface area contributed by atoms with Gasteiger partial charge in [0, 0.05) is 32.5 Å². The highest BCUT2D eigenvalue weighted by Gasteiger charge is 2.48. The Morgan fingerprint density at radius 2 is 1.48 bits per heavy atom. The first-order chi connectivity index (χ1) is 26.0. The van der Waals surface area contributed by atoms with Crippen LogP contribution in [0.25, 0.3) is 0 Å². The summed E-state index contributed by atoms with van der Waals surface area (Å²) in [7, 11) is 3.16. The van der Waals surface area contributed by atoms with Crippen LogP contribution in [-0.2, 0) is 43.6 Å². The Morgan fingerprint density at radius 3 is 2.04 bits per heavy atom. The van der Waals surface area contributed by atoms with Gasteiger partial charge in [0.2, 0.25) is 0 Å². The topological polar surface area (TPSA) is 183 Å². The van der Waals surface area contributed by atoms with Crippen LogP contribution in [0.4, 0.5) is 0 Å². The molecule has 54 heavy (non-hydrogen) atoms. The number of esters is 2. The number of rotatable bonds is 18. The van der Waals surface area contributed by atoms with Crippen molar-refractivity contribution in [3.63, 3.8) is 0 Å². The summed E-state index contributed by atoms with van der Waals surface area (Å²) in [6, 6.07) is 25.6. The highest BCUT2D eigenvalue weighted by atomic mass is 16.7. The van der Waals surface area contributed by atoms with E-state index >= 15 is 0 Å². The van der Waals surface area contributed by atoms with E-state index in [9.17, 15) is 24.3 Å². The van der Waals surface area contributed by atoms with Gasteiger partial charge < -0.3 is 43.0 Å². The Morgan fingerprint density at radius 1 is 0.870 bits per heavy atom. The molecule has 1 saturated heterocycles. The van der Waals surface area contributed by atoms with Crippen molar-refractivity contribution in [2.75, 3.05) is 40.8 Å². The van der Waals surface area contributed by atoms with E-state index in [1.54, 1.807) is 14.2 Å². The van der Waals surface area contributed by atoms with Crippen LogP contribution in [0.5, 0.6) is 11.5 Å². The maximum Gasteiger partial charge on any atom is 0.330 e. The van der Waals surface area contributed by atoms with Crippen LogP contribution >= 0.6 is 0 Å². The van der Waals surface area contributed by atoms with Crippen LogP contribution in [0, 0.1) is 0 Å². The second-order valence-corrected chi connectivity index (χ2v) is 12.4. The van der Waals surface area contributed by atoms with Crippen LogP contribution in [0.3, 0.4) is 0 Å². The number of H-pyrrole nitrogens is 1. The number of methoxy groups -OCH3 is 2. The third-order valence-corrected chi connectivity index (χ3v) is 8.81. The van der Waals surface area contributed by atoms with Crippen LogP contribution in [0.2, 0.25) is 0 Å². The highest BCUT2D eigenvalue weighted by Crippen LogP contribution is 2.43. The molecule has 0 amide bonds. The van der Waals surface area contributed by atoms with Crippen LogP contribution < -0.4 is 20.7 Å². The van der Waals surface area contributed by atoms with Crippen molar-refractivity contribution in [3.8, 4) is 11.5 Å². The molecule has 4 aromatic rings. The zero-order valence-corrected chi connectivity index (χ0v) is 30.4. The average Bonchev–Trinajstić information content (AvgIpc) is 3.48. The van der Waals surface area contributed by atoms with Crippen molar-refractivity contribution in [2.45, 2.75) is 56.5 Å². The van der Waals surface area contributed by atoms with E-state index < -0.39 is 59.4 Å². The van der Waals surface area contributed by atoms with E-state index in [1.807, 2.05) is 78.9 Å². The molecule has 0 radical (unpaired) electrons. The first kappa shape index (κ1) is 39.9. The van der Waals surface area contributed by atoms with Crippen LogP contribution in [-0.4, -0.2) is 91.8 Å². The molecule has 3 aromatic carbocycles. The van der Waals surface area contributed by atoms with Crippen molar-refractivity contribution < 1.29 is 52.6 Å². The van der Waals surface area contributed by atoms with Gasteiger partial charge in [0.1, 0.15) is 54.9 Å². The number of ether oxygens (including phenoxy) is 8. The van der Waals surface area contributed by atoms with Gasteiger partial charge in [0.05, 0.1) is 27.4 Å². The van der Waals surface area contributed by atoms with Gasteiger partial charge in [0.15, 0.2) is 6.23 Å². The second-order valence-electron chi connectivity index (χ2n) is 12.4. The molecule has 15 heteroatoms. The Balaban J connectivity index is 1.42. The van der Waals surface area contributed by atoms with E-state index in [-0.39, 0.29) is 33.0 Å². The van der Waals surface area contributed by atoms with Gasteiger partial charge in [-0.15, -0.1) is 0 Å². The molecule has 1 unspecified atom stereocenters. The molecule has 0 bridgehead atoms. The molecule has 15 nitrogen and oxygen atoms in total. The molecule has 2 heterocycles. The molecule has 0 aliphatic carbocycles. The normalized spacial score (nSPS) is 18.8. The number of aromatic amines is 1. The van der Waals surface area contributed by atoms with Gasteiger partial charge in [-0.1, -0.05) is 54.6 Å². The predicted octanol–water partition coefficient (Wildman–Crippen LogP) is 3.07. The lowest BCUT2D eigenvalue weighted by atomic mass is 9.80. The molecule has 0 spiro atoms. The van der Waals surface area contributed by atoms with E-state index in [0.29, 0.717) is 11.5 Å². The summed E-state index contributed by atoms with van der Waals surface area (Å²) in [5, 5.41) is 11.7. The standard InChI is InChI=1S/C39H44N2O13/c1-25(42)50-22-32(53-26(2)43)19-21-49-24-51-36-35(45)33(54-37(36)41-20-18-34(44)40-38(41)46)23-52-39(27-8-6-5-7-9-27,28-10-14-30(47-3)15-11-28)29-12-16-31(48-4)17-13-29/h5-18,20,32-33,35-37,45H,19,21-24H2,1-4H3,(H,40,44,46)/t32?,33-,35-,36-,37-/m1/s1. The maximum atomic E-state index is 12.9. The summed E-state index contributed by atoms with van der Waals surface area (Å²) in [6.07, 6.45) is -4.08. The lowest BCUT2D eigenvalue weighted by Crippen LogP contribution is -2.41. The molecular formula is C39H44N2O13. The highest BCUT2D eigenvalue weighted by molar-refractivity contribution is 5.67. The van der Waals surface area contributed by atoms with E-state index in [1.165, 1.54) is 20.0 Å². The van der Waals surface area contributed by atoms with Crippen LogP contribution in [0.1, 0.15) is 43.2 Å². The first-order valence-corrected chi connectivity index (χ1v) is 17.2. The van der Waals surface area contributed by atoms with E-state index in [0.717, 1.165) is 27.3 Å². The number of carbonyl (C=O) groups excluding carboxylic acids is 2. The lowest BCUT2D eigenvalue weighted by Gasteiger charge is -2.37. The van der Waals surface area contributed by atoms with Gasteiger partial charge in [-0.3, -0.25) is 23.9 Å². The number of benzene rings is 3. The Bertz CT molecular complexity index is 1880. The molecule has 0 saturated carbocycles. The second kappa shape index (κ2) is 18.6. The van der Waals surface area contributed by atoms with E-state index in [2.05, 4.69) is 4.98 Å². The summed E-state index contributed by atoms with van der Waals surface area (Å²) >= 11 is 0. The molecule has 1 aliphatic rings. The number of nitrogens with zero attached hydrogens (tertiary/aromatic N) is 1. The van der Waals surface area contributed by atoms with Crippen molar-refractivity contribution in [1.82, 2.24) is 9.55 Å². The third kappa shape index (κ3) is 9.61. The minimum absolute atomic E-state index is 0.0298. The van der Waals surface area contributed by atoms with Gasteiger partial charge in [0.25, 0.3) is 5.56 Å². The summed E-state index contributed by atoms with van der Waals surface area (Å²) in [5.41, 5.74) is -0.341. The number of nitrogens with one attached hydrogen (secondary N) is 1. The largest absolute Gasteiger partial charge is 0.497 e. The minimum Gasteiger partial charge on any atom is -0.497 e. The fourth-order valence-electron chi connectivity index (χ4n) is 6.19. The molecule has 1 aliphatic heterocycles. The molecule has 2 N–H and O–H groups in total. The third-order valence-electron chi connectivity index (χ3n) is 8.81. The van der Waals surface area contributed by atoms with E-state index in [4.69, 9.17) is 37.9 Å². The fourth-order valence-corrected chi connectivity index (χ4v) is 6.19. The predicted molar refractivity (Wildman–Crippen MR) is 192 cm³/mol. The number of aromatic nitrogens is 2. The Labute approximate surface area is 311 Å². The molecule has 5 atom stereocenters. The number of aliphatic hydroxyl groups excluding tert-OH is 1. The monoisotopic (exact) mass is 748 g/mol. The Kier molecular flexibility index (Phi) is 13.8. The molecule has 5 rings (SSSR count). The summed E-state index contributed by atoms with van der Waals surface area (Å²) < 4.78 is 47.0. The minimum atomic E-state index is -1.35.